The number of rotatable bonds is 4. The molecule has 1 aromatic rings. The Morgan fingerprint density at radius 2 is 2.05 bits per heavy atom. The normalized spacial score (nSPS) is 21.4. The highest BCUT2D eigenvalue weighted by molar-refractivity contribution is 6.30. The minimum Gasteiger partial charge on any atom is -0.326 e. The molecule has 1 aromatic carbocycles. The molecular formula is C16H26ClN3. The van der Waals surface area contributed by atoms with Gasteiger partial charge in [-0.3, -0.25) is 4.90 Å². The Labute approximate surface area is 127 Å². The summed E-state index contributed by atoms with van der Waals surface area (Å²) in [7, 11) is 2.19. The maximum atomic E-state index is 6.42. The fraction of sp³-hybridized carbons (Fsp3) is 0.625. The molecule has 0 saturated carbocycles. The van der Waals surface area contributed by atoms with Gasteiger partial charge in [0.05, 0.1) is 0 Å². The molecule has 1 aliphatic rings. The highest BCUT2D eigenvalue weighted by Gasteiger charge is 2.27. The Morgan fingerprint density at radius 1 is 1.25 bits per heavy atom. The van der Waals surface area contributed by atoms with Crippen molar-refractivity contribution in [2.24, 2.45) is 5.73 Å². The number of nitrogens with zero attached hydrogens (tertiary/aromatic N) is 2. The lowest BCUT2D eigenvalue weighted by molar-refractivity contribution is 0.175. The van der Waals surface area contributed by atoms with Crippen LogP contribution < -0.4 is 5.73 Å². The lowest BCUT2D eigenvalue weighted by Gasteiger charge is -2.35. The number of halogens is 1. The summed E-state index contributed by atoms with van der Waals surface area (Å²) in [5.74, 6) is 0. The Hall–Kier alpha value is -0.610. The summed E-state index contributed by atoms with van der Waals surface area (Å²) in [5.41, 5.74) is 7.66. The molecule has 1 heterocycles. The van der Waals surface area contributed by atoms with E-state index in [4.69, 9.17) is 17.3 Å². The lowest BCUT2D eigenvalue weighted by atomic mass is 9.96. The van der Waals surface area contributed by atoms with Gasteiger partial charge in [0.15, 0.2) is 0 Å². The van der Waals surface area contributed by atoms with Crippen molar-refractivity contribution in [2.45, 2.75) is 31.8 Å². The maximum Gasteiger partial charge on any atom is 0.0500 e. The van der Waals surface area contributed by atoms with Gasteiger partial charge < -0.3 is 10.6 Å². The molecule has 2 atom stereocenters. The first-order valence-electron chi connectivity index (χ1n) is 7.55. The molecule has 2 rings (SSSR count). The fourth-order valence-electron chi connectivity index (χ4n) is 2.99. The SMILES string of the molecule is CCC(N)C(c1cccc(Cl)c1)N1CCCN(C)CC1. The van der Waals surface area contributed by atoms with Crippen molar-refractivity contribution in [3.63, 3.8) is 0 Å². The third-order valence-corrected chi connectivity index (χ3v) is 4.45. The molecule has 2 N–H and O–H groups in total. The van der Waals surface area contributed by atoms with Crippen LogP contribution in [-0.4, -0.2) is 49.1 Å². The molecule has 0 amide bonds. The predicted octanol–water partition coefficient (Wildman–Crippen LogP) is 2.76. The third kappa shape index (κ3) is 3.95. The maximum absolute atomic E-state index is 6.42. The Bertz CT molecular complexity index is 424. The summed E-state index contributed by atoms with van der Waals surface area (Å²) < 4.78 is 0. The van der Waals surface area contributed by atoms with Crippen molar-refractivity contribution in [3.8, 4) is 0 Å². The van der Waals surface area contributed by atoms with Crippen molar-refractivity contribution in [1.82, 2.24) is 9.80 Å². The standard InChI is InChI=1S/C16H26ClN3/c1-3-15(18)16(13-6-4-7-14(17)12-13)20-9-5-8-19(2)10-11-20/h4,6-7,12,15-16H,3,5,8-11,18H2,1-2H3. The van der Waals surface area contributed by atoms with E-state index in [0.29, 0.717) is 0 Å². The molecule has 0 aliphatic carbocycles. The van der Waals surface area contributed by atoms with E-state index >= 15 is 0 Å². The van der Waals surface area contributed by atoms with Crippen LogP contribution in [0.3, 0.4) is 0 Å². The van der Waals surface area contributed by atoms with Gasteiger partial charge in [0.1, 0.15) is 0 Å². The van der Waals surface area contributed by atoms with Crippen LogP contribution in [-0.2, 0) is 0 Å². The van der Waals surface area contributed by atoms with Crippen LogP contribution in [0, 0.1) is 0 Å². The minimum absolute atomic E-state index is 0.150. The summed E-state index contributed by atoms with van der Waals surface area (Å²) in [5, 5.41) is 0.794. The van der Waals surface area contributed by atoms with Crippen molar-refractivity contribution >= 4 is 11.6 Å². The number of nitrogens with two attached hydrogens (primary N) is 1. The van der Waals surface area contributed by atoms with Crippen molar-refractivity contribution in [3.05, 3.63) is 34.9 Å². The number of benzene rings is 1. The Balaban J connectivity index is 2.23. The first kappa shape index (κ1) is 15.8. The van der Waals surface area contributed by atoms with Crippen LogP contribution in [0.4, 0.5) is 0 Å². The van der Waals surface area contributed by atoms with Crippen LogP contribution in [0.25, 0.3) is 0 Å². The zero-order chi connectivity index (χ0) is 14.5. The molecule has 0 bridgehead atoms. The summed E-state index contributed by atoms with van der Waals surface area (Å²) in [6.45, 7) is 6.61. The molecule has 0 radical (unpaired) electrons. The molecule has 1 fully saturated rings. The fourth-order valence-corrected chi connectivity index (χ4v) is 3.19. The average Bonchev–Trinajstić information content (AvgIpc) is 2.64. The monoisotopic (exact) mass is 295 g/mol. The smallest absolute Gasteiger partial charge is 0.0500 e. The second-order valence-corrected chi connectivity index (χ2v) is 6.20. The van der Waals surface area contributed by atoms with Crippen molar-refractivity contribution < 1.29 is 0 Å². The van der Waals surface area contributed by atoms with Crippen LogP contribution >= 0.6 is 11.6 Å². The van der Waals surface area contributed by atoms with Crippen LogP contribution in [0.1, 0.15) is 31.4 Å². The van der Waals surface area contributed by atoms with E-state index in [1.165, 1.54) is 18.5 Å². The van der Waals surface area contributed by atoms with Crippen LogP contribution in [0.2, 0.25) is 5.02 Å². The van der Waals surface area contributed by atoms with E-state index in [2.05, 4.69) is 35.9 Å². The van der Waals surface area contributed by atoms with Crippen LogP contribution in [0.5, 0.6) is 0 Å². The second kappa shape index (κ2) is 7.41. The predicted molar refractivity (Wildman–Crippen MR) is 86.1 cm³/mol. The lowest BCUT2D eigenvalue weighted by Crippen LogP contribution is -2.42. The molecule has 0 aromatic heterocycles. The Morgan fingerprint density at radius 3 is 2.75 bits per heavy atom. The van der Waals surface area contributed by atoms with E-state index in [-0.39, 0.29) is 12.1 Å². The third-order valence-electron chi connectivity index (χ3n) is 4.21. The molecular weight excluding hydrogens is 270 g/mol. The topological polar surface area (TPSA) is 32.5 Å². The molecule has 2 unspecified atom stereocenters. The van der Waals surface area contributed by atoms with Gasteiger partial charge in [-0.1, -0.05) is 30.7 Å². The summed E-state index contributed by atoms with van der Waals surface area (Å²) >= 11 is 6.16. The molecule has 0 spiro atoms. The molecule has 20 heavy (non-hydrogen) atoms. The summed E-state index contributed by atoms with van der Waals surface area (Å²) in [6, 6.07) is 8.59. The largest absolute Gasteiger partial charge is 0.326 e. The van der Waals surface area contributed by atoms with E-state index in [1.54, 1.807) is 0 Å². The highest BCUT2D eigenvalue weighted by Crippen LogP contribution is 2.28. The van der Waals surface area contributed by atoms with E-state index in [1.807, 2.05) is 12.1 Å². The zero-order valence-corrected chi connectivity index (χ0v) is 13.3. The van der Waals surface area contributed by atoms with Gasteiger partial charge in [-0.15, -0.1) is 0 Å². The number of likely N-dealkylation sites (N-methyl/N-ethyl adjacent to an activating group) is 1. The quantitative estimate of drug-likeness (QED) is 0.927. The molecule has 112 valence electrons. The van der Waals surface area contributed by atoms with Gasteiger partial charge >= 0.3 is 0 Å². The molecule has 3 nitrogen and oxygen atoms in total. The zero-order valence-electron chi connectivity index (χ0n) is 12.6. The van der Waals surface area contributed by atoms with Gasteiger partial charge in [0, 0.05) is 36.7 Å². The van der Waals surface area contributed by atoms with Crippen LogP contribution in [0.15, 0.2) is 24.3 Å². The van der Waals surface area contributed by atoms with E-state index in [0.717, 1.165) is 31.1 Å². The van der Waals surface area contributed by atoms with E-state index < -0.39 is 0 Å². The van der Waals surface area contributed by atoms with Gasteiger partial charge in [-0.2, -0.15) is 0 Å². The number of hydrogen-bond donors (Lipinski definition) is 1. The first-order chi connectivity index (χ1) is 9.61. The molecule has 1 aliphatic heterocycles. The highest BCUT2D eigenvalue weighted by atomic mass is 35.5. The summed E-state index contributed by atoms with van der Waals surface area (Å²) in [4.78, 5) is 4.93. The minimum atomic E-state index is 0.150. The molecule has 4 heteroatoms. The van der Waals surface area contributed by atoms with Crippen molar-refractivity contribution in [1.29, 1.82) is 0 Å². The summed E-state index contributed by atoms with van der Waals surface area (Å²) in [6.07, 6.45) is 2.17. The van der Waals surface area contributed by atoms with Gasteiger partial charge in [-0.05, 0) is 44.1 Å². The second-order valence-electron chi connectivity index (χ2n) is 5.76. The first-order valence-corrected chi connectivity index (χ1v) is 7.93. The molecule has 1 saturated heterocycles. The van der Waals surface area contributed by atoms with Gasteiger partial charge in [0.25, 0.3) is 0 Å². The van der Waals surface area contributed by atoms with E-state index in [9.17, 15) is 0 Å². The van der Waals surface area contributed by atoms with Gasteiger partial charge in [-0.25, -0.2) is 0 Å². The Kier molecular flexibility index (Phi) is 5.85. The van der Waals surface area contributed by atoms with Crippen molar-refractivity contribution in [2.75, 3.05) is 33.2 Å². The average molecular weight is 296 g/mol. The van der Waals surface area contributed by atoms with Gasteiger partial charge in [0.2, 0.25) is 0 Å². The number of hydrogen-bond acceptors (Lipinski definition) is 3.